The lowest BCUT2D eigenvalue weighted by molar-refractivity contribution is -0.121. The number of thiazole rings is 1. The fourth-order valence-electron chi connectivity index (χ4n) is 3.53. The molecule has 1 fully saturated rings. The molecule has 1 aromatic heterocycles. The second-order valence-corrected chi connectivity index (χ2v) is 7.94. The number of methoxy groups -OCH3 is 1. The third-order valence-corrected chi connectivity index (χ3v) is 6.01. The molecule has 0 atom stereocenters. The first kappa shape index (κ1) is 18.9. The highest BCUT2D eigenvalue weighted by molar-refractivity contribution is 7.09. The van der Waals surface area contributed by atoms with Gasteiger partial charge in [-0.15, -0.1) is 11.3 Å². The van der Waals surface area contributed by atoms with Crippen LogP contribution in [-0.2, 0) is 11.2 Å². The Bertz CT molecular complexity index is 690. The Morgan fingerprint density at radius 2 is 2.00 bits per heavy atom. The van der Waals surface area contributed by atoms with Crippen LogP contribution in [0.1, 0.15) is 50.0 Å². The quantitative estimate of drug-likeness (QED) is 0.721. The number of ether oxygens (including phenoxy) is 1. The van der Waals surface area contributed by atoms with Crippen LogP contribution in [-0.4, -0.2) is 24.5 Å². The van der Waals surface area contributed by atoms with Gasteiger partial charge in [-0.25, -0.2) is 4.98 Å². The maximum Gasteiger partial charge on any atom is 0.220 e. The van der Waals surface area contributed by atoms with Crippen LogP contribution in [0.25, 0.3) is 11.3 Å². The van der Waals surface area contributed by atoms with Gasteiger partial charge in [0.1, 0.15) is 5.75 Å². The van der Waals surface area contributed by atoms with Crippen molar-refractivity contribution in [3.05, 3.63) is 34.7 Å². The molecule has 1 N–H and O–H groups in total. The van der Waals surface area contributed by atoms with Crippen LogP contribution in [0.5, 0.6) is 5.75 Å². The van der Waals surface area contributed by atoms with Crippen LogP contribution in [0.3, 0.4) is 0 Å². The number of aromatic nitrogens is 1. The molecule has 1 aromatic carbocycles. The Kier molecular flexibility index (Phi) is 7.06. The van der Waals surface area contributed by atoms with E-state index in [-0.39, 0.29) is 5.91 Å². The summed E-state index contributed by atoms with van der Waals surface area (Å²) in [5.41, 5.74) is 2.07. The number of hydrogen-bond donors (Lipinski definition) is 1. The van der Waals surface area contributed by atoms with E-state index in [4.69, 9.17) is 4.74 Å². The molecular weight excluding hydrogens is 344 g/mol. The maximum absolute atomic E-state index is 12.0. The molecule has 0 radical (unpaired) electrons. The number of nitrogens with zero attached hydrogens (tertiary/aromatic N) is 1. The summed E-state index contributed by atoms with van der Waals surface area (Å²) < 4.78 is 5.19. The van der Waals surface area contributed by atoms with E-state index >= 15 is 0 Å². The molecule has 0 saturated heterocycles. The predicted molar refractivity (Wildman–Crippen MR) is 107 cm³/mol. The summed E-state index contributed by atoms with van der Waals surface area (Å²) >= 11 is 1.65. The molecular formula is C21H28N2O2S. The van der Waals surface area contributed by atoms with Crippen molar-refractivity contribution in [2.75, 3.05) is 13.7 Å². The van der Waals surface area contributed by atoms with Gasteiger partial charge in [-0.3, -0.25) is 4.79 Å². The molecule has 1 amide bonds. The van der Waals surface area contributed by atoms with Gasteiger partial charge in [-0.2, -0.15) is 0 Å². The van der Waals surface area contributed by atoms with Gasteiger partial charge in [-0.1, -0.05) is 32.1 Å². The topological polar surface area (TPSA) is 51.2 Å². The Balaban J connectivity index is 1.39. The van der Waals surface area contributed by atoms with Crippen molar-refractivity contribution in [3.8, 4) is 17.0 Å². The standard InChI is InChI=1S/C21H28N2O2S/c1-25-18-10-8-17(9-11-18)19-15-26-21(23-19)13-14-22-20(24)12-7-16-5-3-2-4-6-16/h8-11,15-16H,2-7,12-14H2,1H3,(H,22,24). The molecule has 0 bridgehead atoms. The molecule has 1 saturated carbocycles. The first-order valence-electron chi connectivity index (χ1n) is 9.60. The molecule has 3 rings (SSSR count). The van der Waals surface area contributed by atoms with Gasteiger partial charge in [0, 0.05) is 30.3 Å². The number of carbonyl (C=O) groups excluding carboxylic acids is 1. The van der Waals surface area contributed by atoms with Crippen molar-refractivity contribution in [1.29, 1.82) is 0 Å². The molecule has 1 heterocycles. The minimum Gasteiger partial charge on any atom is -0.497 e. The van der Waals surface area contributed by atoms with Gasteiger partial charge in [0.25, 0.3) is 0 Å². The van der Waals surface area contributed by atoms with Gasteiger partial charge in [0.2, 0.25) is 5.91 Å². The van der Waals surface area contributed by atoms with E-state index in [2.05, 4.69) is 15.7 Å². The average molecular weight is 373 g/mol. The second-order valence-electron chi connectivity index (χ2n) is 7.00. The molecule has 1 aliphatic rings. The van der Waals surface area contributed by atoms with Crippen molar-refractivity contribution in [3.63, 3.8) is 0 Å². The van der Waals surface area contributed by atoms with E-state index in [1.165, 1.54) is 32.1 Å². The molecule has 2 aromatic rings. The number of hydrogen-bond acceptors (Lipinski definition) is 4. The van der Waals surface area contributed by atoms with Gasteiger partial charge < -0.3 is 10.1 Å². The van der Waals surface area contributed by atoms with Crippen LogP contribution in [0.2, 0.25) is 0 Å². The number of benzene rings is 1. The van der Waals surface area contributed by atoms with E-state index in [9.17, 15) is 4.79 Å². The lowest BCUT2D eigenvalue weighted by atomic mass is 9.86. The summed E-state index contributed by atoms with van der Waals surface area (Å²) in [6.07, 6.45) is 9.16. The smallest absolute Gasteiger partial charge is 0.220 e. The molecule has 0 unspecified atom stereocenters. The molecule has 0 aliphatic heterocycles. The zero-order chi connectivity index (χ0) is 18.2. The minimum atomic E-state index is 0.183. The third kappa shape index (κ3) is 5.56. The average Bonchev–Trinajstić information content (AvgIpc) is 3.16. The fraction of sp³-hybridized carbons (Fsp3) is 0.524. The molecule has 140 valence electrons. The summed E-state index contributed by atoms with van der Waals surface area (Å²) in [6, 6.07) is 7.93. The molecule has 5 heteroatoms. The first-order valence-corrected chi connectivity index (χ1v) is 10.5. The fourth-order valence-corrected chi connectivity index (χ4v) is 4.34. The summed E-state index contributed by atoms with van der Waals surface area (Å²) in [5, 5.41) is 6.18. The maximum atomic E-state index is 12.0. The Morgan fingerprint density at radius 1 is 1.23 bits per heavy atom. The summed E-state index contributed by atoms with van der Waals surface area (Å²) in [6.45, 7) is 0.666. The Morgan fingerprint density at radius 3 is 2.73 bits per heavy atom. The monoisotopic (exact) mass is 372 g/mol. The largest absolute Gasteiger partial charge is 0.497 e. The Labute approximate surface area is 160 Å². The molecule has 4 nitrogen and oxygen atoms in total. The highest BCUT2D eigenvalue weighted by Gasteiger charge is 2.14. The summed E-state index contributed by atoms with van der Waals surface area (Å²) in [4.78, 5) is 16.7. The van der Waals surface area contributed by atoms with Crippen molar-refractivity contribution in [2.45, 2.75) is 51.4 Å². The van der Waals surface area contributed by atoms with Gasteiger partial charge in [0.15, 0.2) is 0 Å². The zero-order valence-electron chi connectivity index (χ0n) is 15.5. The van der Waals surface area contributed by atoms with Crippen LogP contribution in [0.4, 0.5) is 0 Å². The highest BCUT2D eigenvalue weighted by Crippen LogP contribution is 2.27. The first-order chi connectivity index (χ1) is 12.7. The van der Waals surface area contributed by atoms with Crippen molar-refractivity contribution in [1.82, 2.24) is 10.3 Å². The third-order valence-electron chi connectivity index (χ3n) is 5.10. The van der Waals surface area contributed by atoms with E-state index in [0.717, 1.165) is 40.8 Å². The van der Waals surface area contributed by atoms with Crippen LogP contribution in [0, 0.1) is 5.92 Å². The predicted octanol–water partition coefficient (Wildman–Crippen LogP) is 4.84. The van der Waals surface area contributed by atoms with Crippen LogP contribution >= 0.6 is 11.3 Å². The number of carbonyl (C=O) groups is 1. The summed E-state index contributed by atoms with van der Waals surface area (Å²) in [5.74, 6) is 1.79. The normalized spacial score (nSPS) is 15.0. The van der Waals surface area contributed by atoms with Gasteiger partial charge >= 0.3 is 0 Å². The van der Waals surface area contributed by atoms with Gasteiger partial charge in [0.05, 0.1) is 17.8 Å². The van der Waals surface area contributed by atoms with E-state index < -0.39 is 0 Å². The van der Waals surface area contributed by atoms with E-state index in [1.54, 1.807) is 18.4 Å². The van der Waals surface area contributed by atoms with Crippen molar-refractivity contribution >= 4 is 17.2 Å². The lowest BCUT2D eigenvalue weighted by Crippen LogP contribution is -2.26. The molecule has 26 heavy (non-hydrogen) atoms. The highest BCUT2D eigenvalue weighted by atomic mass is 32.1. The summed E-state index contributed by atoms with van der Waals surface area (Å²) in [7, 11) is 1.67. The molecule has 0 spiro atoms. The van der Waals surface area contributed by atoms with Crippen molar-refractivity contribution in [2.24, 2.45) is 5.92 Å². The minimum absolute atomic E-state index is 0.183. The molecule has 1 aliphatic carbocycles. The lowest BCUT2D eigenvalue weighted by Gasteiger charge is -2.20. The second kappa shape index (κ2) is 9.72. The van der Waals surface area contributed by atoms with Crippen molar-refractivity contribution < 1.29 is 9.53 Å². The van der Waals surface area contributed by atoms with E-state index in [1.807, 2.05) is 24.3 Å². The zero-order valence-corrected chi connectivity index (χ0v) is 16.3. The van der Waals surface area contributed by atoms with Gasteiger partial charge in [-0.05, 0) is 36.6 Å². The Hall–Kier alpha value is -1.88. The van der Waals surface area contributed by atoms with Crippen LogP contribution < -0.4 is 10.1 Å². The van der Waals surface area contributed by atoms with E-state index in [0.29, 0.717) is 13.0 Å². The SMILES string of the molecule is COc1ccc(-c2csc(CCNC(=O)CCC3CCCCC3)n2)cc1. The number of nitrogens with one attached hydrogen (secondary N) is 1. The number of rotatable bonds is 8. The number of amides is 1. The van der Waals surface area contributed by atoms with Crippen LogP contribution in [0.15, 0.2) is 29.6 Å².